The minimum atomic E-state index is 0.251. The molecule has 0 amide bonds. The van der Waals surface area contributed by atoms with E-state index in [0.717, 1.165) is 31.9 Å². The minimum Gasteiger partial charge on any atom is -0.396 e. The molecule has 4 heteroatoms. The topological polar surface area (TPSA) is 56.7 Å². The summed E-state index contributed by atoms with van der Waals surface area (Å²) in [4.78, 5) is 4.61. The van der Waals surface area contributed by atoms with Crippen LogP contribution >= 0.6 is 0 Å². The molecule has 0 aromatic carbocycles. The van der Waals surface area contributed by atoms with Crippen LogP contribution in [0.15, 0.2) is 4.99 Å². The SMILES string of the molecule is CCNC(=NCC(CCO)CC(C)C)NC(C)C. The minimum absolute atomic E-state index is 0.251. The second-order valence-electron chi connectivity index (χ2n) is 5.53. The van der Waals surface area contributed by atoms with Crippen molar-refractivity contribution >= 4 is 5.96 Å². The number of nitrogens with one attached hydrogen (secondary N) is 2. The molecule has 0 aliphatic carbocycles. The van der Waals surface area contributed by atoms with E-state index in [9.17, 15) is 0 Å². The fourth-order valence-corrected chi connectivity index (χ4v) is 1.95. The second kappa shape index (κ2) is 10.2. The second-order valence-corrected chi connectivity index (χ2v) is 5.53. The van der Waals surface area contributed by atoms with Crippen LogP contribution in [0.1, 0.15) is 47.5 Å². The normalized spacial score (nSPS) is 14.1. The maximum atomic E-state index is 9.08. The molecule has 0 aromatic rings. The molecular formula is C14H31N3O. The molecule has 0 spiro atoms. The first-order valence-corrected chi connectivity index (χ1v) is 7.15. The molecule has 108 valence electrons. The van der Waals surface area contributed by atoms with Gasteiger partial charge in [-0.05, 0) is 45.4 Å². The van der Waals surface area contributed by atoms with Gasteiger partial charge >= 0.3 is 0 Å². The van der Waals surface area contributed by atoms with Crippen LogP contribution in [-0.2, 0) is 0 Å². The van der Waals surface area contributed by atoms with Gasteiger partial charge in [-0.1, -0.05) is 13.8 Å². The third kappa shape index (κ3) is 9.28. The van der Waals surface area contributed by atoms with E-state index in [4.69, 9.17) is 5.11 Å². The van der Waals surface area contributed by atoms with Crippen molar-refractivity contribution < 1.29 is 5.11 Å². The summed E-state index contributed by atoms with van der Waals surface area (Å²) in [5, 5.41) is 15.6. The van der Waals surface area contributed by atoms with Crippen LogP contribution in [0.2, 0.25) is 0 Å². The zero-order chi connectivity index (χ0) is 14.0. The van der Waals surface area contributed by atoms with Gasteiger partial charge in [0.1, 0.15) is 0 Å². The Morgan fingerprint density at radius 3 is 2.33 bits per heavy atom. The lowest BCUT2D eigenvalue weighted by atomic mass is 9.94. The molecule has 0 rings (SSSR count). The van der Waals surface area contributed by atoms with Gasteiger partial charge in [0, 0.05) is 25.7 Å². The molecule has 0 saturated carbocycles. The van der Waals surface area contributed by atoms with Crippen LogP contribution in [0.5, 0.6) is 0 Å². The van der Waals surface area contributed by atoms with E-state index in [1.165, 1.54) is 0 Å². The summed E-state index contributed by atoms with van der Waals surface area (Å²) >= 11 is 0. The number of aliphatic hydroxyl groups excluding tert-OH is 1. The quantitative estimate of drug-likeness (QED) is 0.460. The number of aliphatic imine (C=N–C) groups is 1. The number of hydrogen-bond donors (Lipinski definition) is 3. The lowest BCUT2D eigenvalue weighted by Crippen LogP contribution is -2.41. The molecule has 0 aromatic heterocycles. The van der Waals surface area contributed by atoms with Gasteiger partial charge < -0.3 is 15.7 Å². The molecule has 0 aliphatic rings. The Morgan fingerprint density at radius 2 is 1.89 bits per heavy atom. The molecule has 4 nitrogen and oxygen atoms in total. The number of hydrogen-bond acceptors (Lipinski definition) is 2. The molecule has 0 bridgehead atoms. The van der Waals surface area contributed by atoms with Crippen molar-refractivity contribution in [1.82, 2.24) is 10.6 Å². The van der Waals surface area contributed by atoms with Crippen molar-refractivity contribution in [3.63, 3.8) is 0 Å². The molecule has 0 radical (unpaired) electrons. The van der Waals surface area contributed by atoms with E-state index in [1.807, 2.05) is 0 Å². The predicted octanol–water partition coefficient (Wildman–Crippen LogP) is 1.99. The van der Waals surface area contributed by atoms with E-state index in [1.54, 1.807) is 0 Å². The number of guanidine groups is 1. The highest BCUT2D eigenvalue weighted by molar-refractivity contribution is 5.79. The Bertz CT molecular complexity index is 227. The van der Waals surface area contributed by atoms with E-state index < -0.39 is 0 Å². The maximum Gasteiger partial charge on any atom is 0.191 e. The molecule has 0 heterocycles. The van der Waals surface area contributed by atoms with Crippen LogP contribution in [-0.4, -0.2) is 36.8 Å². The summed E-state index contributed by atoms with van der Waals surface area (Å²) in [7, 11) is 0. The maximum absolute atomic E-state index is 9.08. The Morgan fingerprint density at radius 1 is 1.22 bits per heavy atom. The Balaban J connectivity index is 4.37. The van der Waals surface area contributed by atoms with Crippen LogP contribution in [0.25, 0.3) is 0 Å². The highest BCUT2D eigenvalue weighted by Gasteiger charge is 2.10. The largest absolute Gasteiger partial charge is 0.396 e. The fourth-order valence-electron chi connectivity index (χ4n) is 1.95. The van der Waals surface area contributed by atoms with Gasteiger partial charge in [0.25, 0.3) is 0 Å². The predicted molar refractivity (Wildman–Crippen MR) is 78.9 cm³/mol. The lowest BCUT2D eigenvalue weighted by Gasteiger charge is -2.18. The van der Waals surface area contributed by atoms with Crippen LogP contribution in [0, 0.1) is 11.8 Å². The first kappa shape index (κ1) is 17.2. The zero-order valence-electron chi connectivity index (χ0n) is 12.7. The van der Waals surface area contributed by atoms with Crippen LogP contribution in [0.4, 0.5) is 0 Å². The standard InChI is InChI=1S/C14H31N3O/c1-6-15-14(17-12(4)5)16-10-13(7-8-18)9-11(2)3/h11-13,18H,6-10H2,1-5H3,(H2,15,16,17). The first-order valence-electron chi connectivity index (χ1n) is 7.15. The monoisotopic (exact) mass is 257 g/mol. The average molecular weight is 257 g/mol. The van der Waals surface area contributed by atoms with Crippen molar-refractivity contribution in [1.29, 1.82) is 0 Å². The van der Waals surface area contributed by atoms with Crippen molar-refractivity contribution in [3.05, 3.63) is 0 Å². The Hall–Kier alpha value is -0.770. The first-order chi connectivity index (χ1) is 8.49. The van der Waals surface area contributed by atoms with E-state index in [2.05, 4.69) is 50.2 Å². The van der Waals surface area contributed by atoms with E-state index >= 15 is 0 Å². The molecule has 0 aliphatic heterocycles. The third-order valence-corrected chi connectivity index (χ3v) is 2.62. The molecule has 0 fully saturated rings. The summed E-state index contributed by atoms with van der Waals surface area (Å²) in [6, 6.07) is 0.379. The van der Waals surface area contributed by atoms with Gasteiger partial charge in [0.05, 0.1) is 0 Å². The van der Waals surface area contributed by atoms with Crippen molar-refractivity contribution in [2.75, 3.05) is 19.7 Å². The van der Waals surface area contributed by atoms with Crippen molar-refractivity contribution in [3.8, 4) is 0 Å². The Kier molecular flexibility index (Phi) is 9.74. The highest BCUT2D eigenvalue weighted by atomic mass is 16.3. The van der Waals surface area contributed by atoms with Crippen LogP contribution in [0.3, 0.4) is 0 Å². The summed E-state index contributed by atoms with van der Waals surface area (Å²) in [5.41, 5.74) is 0. The van der Waals surface area contributed by atoms with Crippen molar-refractivity contribution in [2.24, 2.45) is 16.8 Å². The van der Waals surface area contributed by atoms with Gasteiger partial charge in [-0.15, -0.1) is 0 Å². The smallest absolute Gasteiger partial charge is 0.191 e. The molecule has 3 N–H and O–H groups in total. The van der Waals surface area contributed by atoms with Crippen LogP contribution < -0.4 is 10.6 Å². The number of nitrogens with zero attached hydrogens (tertiary/aromatic N) is 1. The zero-order valence-corrected chi connectivity index (χ0v) is 12.7. The molecule has 18 heavy (non-hydrogen) atoms. The average Bonchev–Trinajstić information content (AvgIpc) is 2.24. The summed E-state index contributed by atoms with van der Waals surface area (Å²) in [5.74, 6) is 1.99. The Labute approximate surface area is 112 Å². The van der Waals surface area contributed by atoms with Gasteiger partial charge in [-0.2, -0.15) is 0 Å². The number of aliphatic hydroxyl groups is 1. The van der Waals surface area contributed by atoms with Gasteiger partial charge in [0.15, 0.2) is 5.96 Å². The fraction of sp³-hybridized carbons (Fsp3) is 0.929. The van der Waals surface area contributed by atoms with Gasteiger partial charge in [-0.25, -0.2) is 0 Å². The molecule has 1 atom stereocenters. The third-order valence-electron chi connectivity index (χ3n) is 2.62. The van der Waals surface area contributed by atoms with E-state index in [0.29, 0.717) is 17.9 Å². The summed E-state index contributed by atoms with van der Waals surface area (Å²) in [6.07, 6.45) is 1.95. The molecule has 0 saturated heterocycles. The molecule has 1 unspecified atom stereocenters. The summed E-state index contributed by atoms with van der Waals surface area (Å²) in [6.45, 7) is 12.6. The van der Waals surface area contributed by atoms with Crippen molar-refractivity contribution in [2.45, 2.75) is 53.5 Å². The highest BCUT2D eigenvalue weighted by Crippen LogP contribution is 2.15. The summed E-state index contributed by atoms with van der Waals surface area (Å²) < 4.78 is 0. The number of rotatable bonds is 8. The lowest BCUT2D eigenvalue weighted by molar-refractivity contribution is 0.245. The van der Waals surface area contributed by atoms with Gasteiger partial charge in [-0.3, -0.25) is 4.99 Å². The molecular weight excluding hydrogens is 226 g/mol. The van der Waals surface area contributed by atoms with E-state index in [-0.39, 0.29) is 6.61 Å². The van der Waals surface area contributed by atoms with Gasteiger partial charge in [0.2, 0.25) is 0 Å².